The van der Waals surface area contributed by atoms with Gasteiger partial charge in [0.15, 0.2) is 0 Å². The third-order valence-electron chi connectivity index (χ3n) is 3.87. The summed E-state index contributed by atoms with van der Waals surface area (Å²) in [6.07, 6.45) is 0.142. The van der Waals surface area contributed by atoms with E-state index in [0.717, 1.165) is 31.7 Å². The Bertz CT molecular complexity index is 466. The van der Waals surface area contributed by atoms with Crippen LogP contribution in [0.3, 0.4) is 0 Å². The number of rotatable bonds is 4. The van der Waals surface area contributed by atoms with E-state index in [1.807, 2.05) is 0 Å². The van der Waals surface area contributed by atoms with Crippen molar-refractivity contribution in [1.29, 1.82) is 0 Å². The Kier molecular flexibility index (Phi) is 3.16. The van der Waals surface area contributed by atoms with Crippen LogP contribution in [0.1, 0.15) is 31.2 Å². The van der Waals surface area contributed by atoms with E-state index in [-0.39, 0.29) is 16.8 Å². The van der Waals surface area contributed by atoms with Gasteiger partial charge < -0.3 is 5.32 Å². The van der Waals surface area contributed by atoms with Crippen LogP contribution in [0.15, 0.2) is 18.2 Å². The van der Waals surface area contributed by atoms with Gasteiger partial charge in [0.05, 0.1) is 5.56 Å². The first-order valence-electron chi connectivity index (χ1n) is 6.58. The lowest BCUT2D eigenvalue weighted by molar-refractivity contribution is -0.137. The maximum absolute atomic E-state index is 13.0. The summed E-state index contributed by atoms with van der Waals surface area (Å²) in [5, 5.41) is 3.24. The largest absolute Gasteiger partial charge is 0.418 e. The van der Waals surface area contributed by atoms with Gasteiger partial charge in [-0.05, 0) is 55.7 Å². The molecule has 0 saturated heterocycles. The smallest absolute Gasteiger partial charge is 0.381 e. The van der Waals surface area contributed by atoms with Crippen LogP contribution >= 0.6 is 11.6 Å². The molecule has 0 amide bonds. The topological polar surface area (TPSA) is 12.0 Å². The maximum atomic E-state index is 13.0. The predicted molar refractivity (Wildman–Crippen MR) is 69.3 cm³/mol. The van der Waals surface area contributed by atoms with Crippen molar-refractivity contribution in [2.45, 2.75) is 37.9 Å². The summed E-state index contributed by atoms with van der Waals surface area (Å²) >= 11 is 5.68. The van der Waals surface area contributed by atoms with Gasteiger partial charge in [-0.2, -0.15) is 13.2 Å². The third kappa shape index (κ3) is 2.99. The van der Waals surface area contributed by atoms with Gasteiger partial charge in [-0.15, -0.1) is 0 Å². The molecule has 104 valence electrons. The molecule has 0 radical (unpaired) electrons. The highest BCUT2D eigenvalue weighted by Crippen LogP contribution is 2.47. The molecule has 1 aromatic carbocycles. The summed E-state index contributed by atoms with van der Waals surface area (Å²) in [5.41, 5.74) is -0.494. The maximum Gasteiger partial charge on any atom is 0.418 e. The van der Waals surface area contributed by atoms with Gasteiger partial charge in [0.25, 0.3) is 0 Å². The Hall–Kier alpha value is -0.900. The lowest BCUT2D eigenvalue weighted by Crippen LogP contribution is -2.26. The lowest BCUT2D eigenvalue weighted by atomic mass is 10.1. The van der Waals surface area contributed by atoms with E-state index in [0.29, 0.717) is 11.8 Å². The van der Waals surface area contributed by atoms with Crippen molar-refractivity contribution >= 4 is 17.3 Å². The molecule has 0 aromatic heterocycles. The molecule has 0 heterocycles. The van der Waals surface area contributed by atoms with Gasteiger partial charge in [0.2, 0.25) is 0 Å². The summed E-state index contributed by atoms with van der Waals surface area (Å²) in [4.78, 5) is 0. The average molecular weight is 290 g/mol. The van der Waals surface area contributed by atoms with Crippen molar-refractivity contribution in [1.82, 2.24) is 0 Å². The first-order valence-corrected chi connectivity index (χ1v) is 6.96. The quantitative estimate of drug-likeness (QED) is 0.826. The standard InChI is InChI=1S/C14H15ClF3N/c15-10-5-6-12(11(7-10)14(16,17)18)19-13(8-1-2-8)9-3-4-9/h5-9,13,19H,1-4H2. The minimum Gasteiger partial charge on any atom is -0.381 e. The molecular formula is C14H15ClF3N. The number of hydrogen-bond donors (Lipinski definition) is 1. The van der Waals surface area contributed by atoms with Crippen molar-refractivity contribution in [3.63, 3.8) is 0 Å². The number of alkyl halides is 3. The molecule has 1 N–H and O–H groups in total. The van der Waals surface area contributed by atoms with E-state index in [9.17, 15) is 13.2 Å². The molecular weight excluding hydrogens is 275 g/mol. The van der Waals surface area contributed by atoms with Gasteiger partial charge >= 0.3 is 6.18 Å². The van der Waals surface area contributed by atoms with Gasteiger partial charge in [-0.3, -0.25) is 0 Å². The van der Waals surface area contributed by atoms with Crippen LogP contribution in [0.2, 0.25) is 5.02 Å². The Morgan fingerprint density at radius 3 is 2.16 bits per heavy atom. The van der Waals surface area contributed by atoms with Gasteiger partial charge in [0.1, 0.15) is 0 Å². The van der Waals surface area contributed by atoms with E-state index in [4.69, 9.17) is 11.6 Å². The van der Waals surface area contributed by atoms with Crippen molar-refractivity contribution in [2.24, 2.45) is 11.8 Å². The second-order valence-electron chi connectivity index (χ2n) is 5.53. The molecule has 0 unspecified atom stereocenters. The molecule has 1 nitrogen and oxygen atoms in total. The summed E-state index contributed by atoms with van der Waals surface area (Å²) < 4.78 is 39.0. The van der Waals surface area contributed by atoms with Crippen molar-refractivity contribution in [3.8, 4) is 0 Å². The molecule has 0 spiro atoms. The zero-order valence-corrected chi connectivity index (χ0v) is 11.1. The fourth-order valence-electron chi connectivity index (χ4n) is 2.59. The van der Waals surface area contributed by atoms with E-state index in [1.165, 1.54) is 12.1 Å². The molecule has 0 aliphatic heterocycles. The van der Waals surface area contributed by atoms with Crippen molar-refractivity contribution < 1.29 is 13.2 Å². The lowest BCUT2D eigenvalue weighted by Gasteiger charge is -2.22. The van der Waals surface area contributed by atoms with E-state index in [1.54, 1.807) is 0 Å². The number of halogens is 4. The summed E-state index contributed by atoms with van der Waals surface area (Å²) in [5.74, 6) is 1.09. The Morgan fingerprint density at radius 2 is 1.68 bits per heavy atom. The monoisotopic (exact) mass is 289 g/mol. The number of anilines is 1. The Morgan fingerprint density at radius 1 is 1.11 bits per heavy atom. The first kappa shape index (κ1) is 13.1. The van der Waals surface area contributed by atoms with Crippen LogP contribution in [0.5, 0.6) is 0 Å². The van der Waals surface area contributed by atoms with Crippen LogP contribution in [0.25, 0.3) is 0 Å². The van der Waals surface area contributed by atoms with Crippen LogP contribution in [-0.2, 0) is 6.18 Å². The number of nitrogens with one attached hydrogen (secondary N) is 1. The predicted octanol–water partition coefficient (Wildman–Crippen LogP) is 4.96. The molecule has 0 atom stereocenters. The summed E-state index contributed by atoms with van der Waals surface area (Å²) in [6.45, 7) is 0. The summed E-state index contributed by atoms with van der Waals surface area (Å²) in [7, 11) is 0. The van der Waals surface area contributed by atoms with Crippen LogP contribution in [0.4, 0.5) is 18.9 Å². The Labute approximate surface area is 115 Å². The van der Waals surface area contributed by atoms with Crippen LogP contribution in [0, 0.1) is 11.8 Å². The van der Waals surface area contributed by atoms with Crippen molar-refractivity contribution in [3.05, 3.63) is 28.8 Å². The third-order valence-corrected chi connectivity index (χ3v) is 4.10. The van der Waals surface area contributed by atoms with E-state index in [2.05, 4.69) is 5.32 Å². The highest BCUT2D eigenvalue weighted by atomic mass is 35.5. The second-order valence-corrected chi connectivity index (χ2v) is 5.97. The minimum absolute atomic E-state index is 0.118. The highest BCUT2D eigenvalue weighted by Gasteiger charge is 2.42. The van der Waals surface area contributed by atoms with E-state index < -0.39 is 11.7 Å². The van der Waals surface area contributed by atoms with Crippen molar-refractivity contribution in [2.75, 3.05) is 5.32 Å². The molecule has 2 fully saturated rings. The SMILES string of the molecule is FC(F)(F)c1cc(Cl)ccc1NC(C1CC1)C1CC1. The molecule has 1 aromatic rings. The zero-order chi connectivity index (χ0) is 13.6. The Balaban J connectivity index is 1.86. The average Bonchev–Trinajstić information content (AvgIpc) is 3.19. The molecule has 2 aliphatic rings. The van der Waals surface area contributed by atoms with Crippen LogP contribution in [-0.4, -0.2) is 6.04 Å². The molecule has 5 heteroatoms. The normalized spacial score (nSPS) is 19.8. The van der Waals surface area contributed by atoms with Gasteiger partial charge in [0, 0.05) is 16.8 Å². The minimum atomic E-state index is -4.37. The zero-order valence-electron chi connectivity index (χ0n) is 10.3. The fraction of sp³-hybridized carbons (Fsp3) is 0.571. The van der Waals surface area contributed by atoms with Crippen LogP contribution < -0.4 is 5.32 Å². The fourth-order valence-corrected chi connectivity index (χ4v) is 2.76. The molecule has 2 saturated carbocycles. The summed E-state index contributed by atoms with van der Waals surface area (Å²) in [6, 6.07) is 4.15. The molecule has 3 rings (SSSR count). The van der Waals surface area contributed by atoms with Gasteiger partial charge in [-0.1, -0.05) is 11.6 Å². The first-order chi connectivity index (χ1) is 8.95. The second kappa shape index (κ2) is 4.58. The molecule has 19 heavy (non-hydrogen) atoms. The molecule has 0 bridgehead atoms. The highest BCUT2D eigenvalue weighted by molar-refractivity contribution is 6.30. The number of benzene rings is 1. The number of hydrogen-bond acceptors (Lipinski definition) is 1. The van der Waals surface area contributed by atoms with E-state index >= 15 is 0 Å². The van der Waals surface area contributed by atoms with Gasteiger partial charge in [-0.25, -0.2) is 0 Å². The molecule has 2 aliphatic carbocycles.